The number of nitrogens with zero attached hydrogens (tertiary/aromatic N) is 4. The van der Waals surface area contributed by atoms with Crippen molar-refractivity contribution in [2.24, 2.45) is 0 Å². The lowest BCUT2D eigenvalue weighted by atomic mass is 10.1. The van der Waals surface area contributed by atoms with Crippen molar-refractivity contribution in [3.8, 4) is 11.4 Å². The van der Waals surface area contributed by atoms with Crippen LogP contribution in [0.25, 0.3) is 33.3 Å². The number of rotatable bonds is 2. The molecule has 0 aliphatic heterocycles. The summed E-state index contributed by atoms with van der Waals surface area (Å²) in [6.45, 7) is 1.88. The smallest absolute Gasteiger partial charge is 0.262 e. The first-order chi connectivity index (χ1) is 12.7. The molecule has 0 unspecified atom stereocenters. The predicted octanol–water partition coefficient (Wildman–Crippen LogP) is 3.76. The Morgan fingerprint density at radius 2 is 1.96 bits per heavy atom. The van der Waals surface area contributed by atoms with Crippen molar-refractivity contribution in [3.63, 3.8) is 0 Å². The molecule has 6 heteroatoms. The lowest BCUT2D eigenvalue weighted by molar-refractivity contribution is 0.476. The highest BCUT2D eigenvalue weighted by Crippen LogP contribution is 2.32. The van der Waals surface area contributed by atoms with Gasteiger partial charge in [0.15, 0.2) is 5.65 Å². The number of para-hydroxylation sites is 1. The van der Waals surface area contributed by atoms with Gasteiger partial charge in [-0.25, -0.2) is 9.67 Å². The molecule has 1 saturated carbocycles. The lowest BCUT2D eigenvalue weighted by Gasteiger charge is -2.11. The van der Waals surface area contributed by atoms with E-state index in [1.807, 2.05) is 41.9 Å². The normalized spacial score (nSPS) is 15.3. The van der Waals surface area contributed by atoms with E-state index >= 15 is 0 Å². The molecule has 1 aromatic carbocycles. The average Bonchev–Trinajstić information content (AvgIpc) is 3.29. The number of pyridine rings is 1. The third kappa shape index (κ3) is 2.25. The van der Waals surface area contributed by atoms with Gasteiger partial charge >= 0.3 is 0 Å². The first-order valence-electron chi connectivity index (χ1n) is 9.05. The van der Waals surface area contributed by atoms with Gasteiger partial charge in [0.25, 0.3) is 5.56 Å². The van der Waals surface area contributed by atoms with Crippen LogP contribution in [0.1, 0.15) is 37.4 Å². The largest absolute Gasteiger partial charge is 0.306 e. The van der Waals surface area contributed by atoms with Crippen molar-refractivity contribution >= 4 is 21.9 Å². The fraction of sp³-hybridized carbons (Fsp3) is 0.300. The van der Waals surface area contributed by atoms with E-state index in [9.17, 15) is 4.79 Å². The number of nitrogens with one attached hydrogen (secondary N) is 1. The maximum Gasteiger partial charge on any atom is 0.262 e. The molecule has 6 nitrogen and oxygen atoms in total. The summed E-state index contributed by atoms with van der Waals surface area (Å²) in [4.78, 5) is 25.0. The van der Waals surface area contributed by atoms with E-state index in [0.29, 0.717) is 22.9 Å². The summed E-state index contributed by atoms with van der Waals surface area (Å²) < 4.78 is 1.97. The van der Waals surface area contributed by atoms with Crippen LogP contribution in [-0.4, -0.2) is 24.7 Å². The van der Waals surface area contributed by atoms with Gasteiger partial charge in [0, 0.05) is 17.1 Å². The van der Waals surface area contributed by atoms with Crippen molar-refractivity contribution in [1.82, 2.24) is 24.7 Å². The van der Waals surface area contributed by atoms with Gasteiger partial charge in [-0.3, -0.25) is 9.78 Å². The van der Waals surface area contributed by atoms with Gasteiger partial charge in [-0.1, -0.05) is 31.0 Å². The summed E-state index contributed by atoms with van der Waals surface area (Å²) in [5.41, 5.74) is 2.95. The van der Waals surface area contributed by atoms with Crippen molar-refractivity contribution in [2.75, 3.05) is 0 Å². The number of benzene rings is 1. The van der Waals surface area contributed by atoms with Gasteiger partial charge in [0.2, 0.25) is 0 Å². The first kappa shape index (κ1) is 15.3. The van der Waals surface area contributed by atoms with Crippen LogP contribution in [0.4, 0.5) is 0 Å². The van der Waals surface area contributed by atoms with Crippen molar-refractivity contribution in [1.29, 1.82) is 0 Å². The van der Waals surface area contributed by atoms with Crippen molar-refractivity contribution in [3.05, 3.63) is 52.6 Å². The predicted molar refractivity (Wildman–Crippen MR) is 101 cm³/mol. The fourth-order valence-electron chi connectivity index (χ4n) is 4.04. The summed E-state index contributed by atoms with van der Waals surface area (Å²) in [5.74, 6) is 0.547. The van der Waals surface area contributed by atoms with Crippen LogP contribution in [0.15, 0.2) is 41.3 Å². The highest BCUT2D eigenvalue weighted by molar-refractivity contribution is 5.92. The zero-order chi connectivity index (χ0) is 17.7. The Balaban J connectivity index is 1.79. The fourth-order valence-corrected chi connectivity index (χ4v) is 4.04. The highest BCUT2D eigenvalue weighted by Gasteiger charge is 2.23. The van der Waals surface area contributed by atoms with Crippen LogP contribution in [-0.2, 0) is 0 Å². The maximum absolute atomic E-state index is 12.8. The van der Waals surface area contributed by atoms with Crippen LogP contribution >= 0.6 is 0 Å². The minimum atomic E-state index is -0.139. The molecule has 0 bridgehead atoms. The van der Waals surface area contributed by atoms with Crippen LogP contribution in [0.5, 0.6) is 0 Å². The molecule has 1 N–H and O–H groups in total. The van der Waals surface area contributed by atoms with E-state index in [2.05, 4.69) is 15.1 Å². The number of hydrogen-bond acceptors (Lipinski definition) is 4. The third-order valence-electron chi connectivity index (χ3n) is 5.30. The Bertz CT molecular complexity index is 1180. The third-order valence-corrected chi connectivity index (χ3v) is 5.30. The van der Waals surface area contributed by atoms with Crippen LogP contribution < -0.4 is 5.56 Å². The standard InChI is InChI=1S/C20H19N5O/c1-12-16-19(25(24-12)14-8-2-3-9-14)22-18(23-20(16)26)15-10-4-6-13-7-5-11-21-17(13)15/h4-7,10-11,14H,2-3,8-9H2,1H3,(H,22,23,26). The molecule has 1 aliphatic carbocycles. The molecule has 1 aliphatic rings. The zero-order valence-corrected chi connectivity index (χ0v) is 14.6. The van der Waals surface area contributed by atoms with Gasteiger partial charge in [-0.2, -0.15) is 5.10 Å². The van der Waals surface area contributed by atoms with Gasteiger partial charge < -0.3 is 4.98 Å². The molecule has 0 atom stereocenters. The number of aryl methyl sites for hydroxylation is 1. The molecule has 26 heavy (non-hydrogen) atoms. The van der Waals surface area contributed by atoms with Gasteiger partial charge in [-0.05, 0) is 31.9 Å². The molecule has 1 fully saturated rings. The maximum atomic E-state index is 12.8. The number of aromatic nitrogens is 5. The minimum absolute atomic E-state index is 0.139. The molecule has 0 saturated heterocycles. The number of fused-ring (bicyclic) bond motifs is 2. The van der Waals surface area contributed by atoms with E-state index in [1.165, 1.54) is 12.8 Å². The second-order valence-corrected chi connectivity index (χ2v) is 6.96. The topological polar surface area (TPSA) is 76.5 Å². The van der Waals surface area contributed by atoms with Gasteiger partial charge in [0.1, 0.15) is 11.2 Å². The quantitative estimate of drug-likeness (QED) is 0.600. The molecule has 0 amide bonds. The molecule has 4 aromatic rings. The van der Waals surface area contributed by atoms with E-state index in [-0.39, 0.29) is 5.56 Å². The van der Waals surface area contributed by atoms with E-state index in [4.69, 9.17) is 4.98 Å². The summed E-state index contributed by atoms with van der Waals surface area (Å²) in [6.07, 6.45) is 6.35. The Hall–Kier alpha value is -3.02. The molecule has 0 radical (unpaired) electrons. The van der Waals surface area contributed by atoms with Gasteiger partial charge in [0.05, 0.1) is 17.3 Å². The molecule has 3 aromatic heterocycles. The van der Waals surface area contributed by atoms with E-state index in [1.54, 1.807) is 6.20 Å². The summed E-state index contributed by atoms with van der Waals surface area (Å²) >= 11 is 0. The van der Waals surface area contributed by atoms with Crippen molar-refractivity contribution in [2.45, 2.75) is 38.6 Å². The number of H-pyrrole nitrogens is 1. The van der Waals surface area contributed by atoms with E-state index < -0.39 is 0 Å². The van der Waals surface area contributed by atoms with E-state index in [0.717, 1.165) is 35.0 Å². The summed E-state index contributed by atoms with van der Waals surface area (Å²) in [6, 6.07) is 10.2. The van der Waals surface area contributed by atoms with Crippen LogP contribution in [0.3, 0.4) is 0 Å². The highest BCUT2D eigenvalue weighted by atomic mass is 16.1. The van der Waals surface area contributed by atoms with Crippen molar-refractivity contribution < 1.29 is 0 Å². The Morgan fingerprint density at radius 3 is 2.81 bits per heavy atom. The lowest BCUT2D eigenvalue weighted by Crippen LogP contribution is -2.12. The summed E-state index contributed by atoms with van der Waals surface area (Å²) in [7, 11) is 0. The van der Waals surface area contributed by atoms with Gasteiger partial charge in [-0.15, -0.1) is 0 Å². The SMILES string of the molecule is Cc1nn(C2CCCC2)c2nc(-c3cccc4cccnc34)[nH]c(=O)c12. The second kappa shape index (κ2) is 5.76. The van der Waals surface area contributed by atoms with Crippen LogP contribution in [0.2, 0.25) is 0 Å². The number of aromatic amines is 1. The molecular weight excluding hydrogens is 326 g/mol. The molecule has 0 spiro atoms. The van der Waals surface area contributed by atoms with Crippen LogP contribution in [0, 0.1) is 6.92 Å². The molecule has 5 rings (SSSR count). The second-order valence-electron chi connectivity index (χ2n) is 6.96. The molecule has 130 valence electrons. The minimum Gasteiger partial charge on any atom is -0.306 e. The molecular formula is C20H19N5O. The average molecular weight is 345 g/mol. The monoisotopic (exact) mass is 345 g/mol. The zero-order valence-electron chi connectivity index (χ0n) is 14.6. The first-order valence-corrected chi connectivity index (χ1v) is 9.05. The Labute approximate surface area is 149 Å². The Kier molecular flexibility index (Phi) is 3.38. The Morgan fingerprint density at radius 1 is 1.15 bits per heavy atom. The summed E-state index contributed by atoms with van der Waals surface area (Å²) in [5, 5.41) is 6.26. The molecule has 3 heterocycles. The number of hydrogen-bond donors (Lipinski definition) is 1.